The van der Waals surface area contributed by atoms with E-state index in [1.54, 1.807) is 0 Å². The Morgan fingerprint density at radius 3 is 2.24 bits per heavy atom. The number of benzene rings is 4. The maximum Gasteiger partial charge on any atom is 0.214 e. The van der Waals surface area contributed by atoms with Gasteiger partial charge in [0.05, 0.1) is 18.4 Å². The summed E-state index contributed by atoms with van der Waals surface area (Å²) >= 11 is 0. The van der Waals surface area contributed by atoms with Gasteiger partial charge in [-0.15, -0.1) is 0 Å². The molecule has 1 aliphatic heterocycles. The van der Waals surface area contributed by atoms with Gasteiger partial charge in [-0.05, 0) is 71.5 Å². The summed E-state index contributed by atoms with van der Waals surface area (Å²) in [5.41, 5.74) is 16.7. The number of pyridine rings is 1. The van der Waals surface area contributed by atoms with Crippen molar-refractivity contribution in [2.24, 2.45) is 0 Å². The van der Waals surface area contributed by atoms with Crippen molar-refractivity contribution in [2.45, 2.75) is 33.6 Å². The number of nitrogens with zero attached hydrogens (tertiary/aromatic N) is 1. The van der Waals surface area contributed by atoms with E-state index in [-0.39, 0.29) is 0 Å². The Morgan fingerprint density at radius 1 is 0.636 bits per heavy atom. The van der Waals surface area contributed by atoms with E-state index in [0.29, 0.717) is 0 Å². The van der Waals surface area contributed by atoms with E-state index >= 15 is 0 Å². The summed E-state index contributed by atoms with van der Waals surface area (Å²) in [6, 6.07) is 29.6. The van der Waals surface area contributed by atoms with Gasteiger partial charge in [0.1, 0.15) is 0 Å². The zero-order valence-electron chi connectivity index (χ0n) is 19.4. The van der Waals surface area contributed by atoms with Crippen molar-refractivity contribution < 1.29 is 4.57 Å². The molecule has 0 unspecified atom stereocenters. The molecule has 158 valence electrons. The van der Waals surface area contributed by atoms with E-state index in [2.05, 4.69) is 104 Å². The smallest absolute Gasteiger partial charge is 0.160 e. The Hall–Kier alpha value is -3.71. The molecule has 5 aromatic rings. The van der Waals surface area contributed by atoms with Gasteiger partial charge in [-0.1, -0.05) is 60.2 Å². The zero-order chi connectivity index (χ0) is 22.3. The second-order valence-electron chi connectivity index (χ2n) is 9.78. The lowest BCUT2D eigenvalue weighted by atomic mass is 9.85. The van der Waals surface area contributed by atoms with Crippen LogP contribution in [0.4, 0.5) is 0 Å². The van der Waals surface area contributed by atoms with E-state index < -0.39 is 0 Å². The van der Waals surface area contributed by atoms with Crippen molar-refractivity contribution in [1.82, 2.24) is 0 Å². The standard InChI is InChI=1S/C32H26N/c1-19-14-20(2)30(21(3)15-19)32-26-10-6-4-8-22(26)16-24-18-29-27(31(24)32)13-12-25-17-23-9-5-7-11-28(23)33(25)29/h4-16H,17-18H2,1-3H3/q+1. The summed E-state index contributed by atoms with van der Waals surface area (Å²) < 4.78 is 2.54. The molecule has 1 heteroatoms. The molecule has 7 rings (SSSR count). The van der Waals surface area contributed by atoms with Crippen molar-refractivity contribution >= 4 is 10.8 Å². The number of fused-ring (bicyclic) bond motifs is 8. The summed E-state index contributed by atoms with van der Waals surface area (Å²) in [5, 5.41) is 2.69. The van der Waals surface area contributed by atoms with Gasteiger partial charge in [-0.3, -0.25) is 0 Å². The fraction of sp³-hybridized carbons (Fsp3) is 0.156. The van der Waals surface area contributed by atoms with Crippen LogP contribution >= 0.6 is 0 Å². The van der Waals surface area contributed by atoms with Crippen LogP contribution in [0.1, 0.15) is 39.2 Å². The number of para-hydroxylation sites is 1. The second-order valence-corrected chi connectivity index (χ2v) is 9.78. The van der Waals surface area contributed by atoms with Crippen LogP contribution in [-0.4, -0.2) is 0 Å². The topological polar surface area (TPSA) is 3.88 Å². The molecule has 2 aliphatic rings. The van der Waals surface area contributed by atoms with Crippen molar-refractivity contribution in [2.75, 3.05) is 0 Å². The first-order chi connectivity index (χ1) is 16.1. The maximum absolute atomic E-state index is 2.54. The highest BCUT2D eigenvalue weighted by atomic mass is 15.0. The molecular weight excluding hydrogens is 398 g/mol. The van der Waals surface area contributed by atoms with E-state index in [9.17, 15) is 0 Å². The lowest BCUT2D eigenvalue weighted by Crippen LogP contribution is -2.36. The fourth-order valence-corrected chi connectivity index (χ4v) is 6.42. The molecule has 0 saturated carbocycles. The monoisotopic (exact) mass is 424 g/mol. The molecule has 1 nitrogen and oxygen atoms in total. The molecule has 0 N–H and O–H groups in total. The summed E-state index contributed by atoms with van der Waals surface area (Å²) in [4.78, 5) is 0. The largest absolute Gasteiger partial charge is 0.214 e. The first-order valence-corrected chi connectivity index (χ1v) is 11.9. The first kappa shape index (κ1) is 18.8. The van der Waals surface area contributed by atoms with Crippen LogP contribution < -0.4 is 4.57 Å². The number of hydrogen-bond acceptors (Lipinski definition) is 0. The van der Waals surface area contributed by atoms with Gasteiger partial charge in [-0.2, -0.15) is 4.57 Å². The van der Waals surface area contributed by atoms with Crippen molar-refractivity contribution in [1.29, 1.82) is 0 Å². The average Bonchev–Trinajstić information content (AvgIpc) is 3.35. The van der Waals surface area contributed by atoms with Crippen molar-refractivity contribution in [3.05, 3.63) is 118 Å². The Balaban J connectivity index is 1.60. The summed E-state index contributed by atoms with van der Waals surface area (Å²) in [5.74, 6) is 0. The first-order valence-electron chi connectivity index (χ1n) is 11.9. The van der Waals surface area contributed by atoms with Crippen LogP contribution in [0.5, 0.6) is 0 Å². The predicted molar refractivity (Wildman–Crippen MR) is 136 cm³/mol. The molecule has 0 spiro atoms. The van der Waals surface area contributed by atoms with Crippen molar-refractivity contribution in [3.63, 3.8) is 0 Å². The molecule has 1 aliphatic carbocycles. The minimum Gasteiger partial charge on any atom is -0.160 e. The molecular formula is C32H26N+. The van der Waals surface area contributed by atoms with Crippen LogP contribution in [0.25, 0.3) is 38.7 Å². The Bertz CT molecular complexity index is 1610. The third kappa shape index (κ3) is 2.57. The van der Waals surface area contributed by atoms with E-state index in [0.717, 1.165) is 12.8 Å². The summed E-state index contributed by atoms with van der Waals surface area (Å²) in [6.45, 7) is 6.74. The SMILES string of the molecule is Cc1cc(C)c(-c2c3c(cc4ccccc24)Cc2c-3ccc3[n+]2-c2ccccc2C3)c(C)c1. The van der Waals surface area contributed by atoms with Crippen molar-refractivity contribution in [3.8, 4) is 27.9 Å². The molecule has 2 heterocycles. The van der Waals surface area contributed by atoms with E-state index in [1.807, 2.05) is 0 Å². The molecule has 0 amide bonds. The quantitative estimate of drug-likeness (QED) is 0.246. The average molecular weight is 425 g/mol. The molecule has 0 radical (unpaired) electrons. The summed E-state index contributed by atoms with van der Waals surface area (Å²) in [6.07, 6.45) is 2.00. The minimum absolute atomic E-state index is 0.981. The van der Waals surface area contributed by atoms with Crippen LogP contribution in [0, 0.1) is 20.8 Å². The highest BCUT2D eigenvalue weighted by molar-refractivity contribution is 6.08. The van der Waals surface area contributed by atoms with Gasteiger partial charge in [-0.25, -0.2) is 0 Å². The van der Waals surface area contributed by atoms with Gasteiger partial charge in [0.25, 0.3) is 0 Å². The van der Waals surface area contributed by atoms with Crippen LogP contribution in [0.3, 0.4) is 0 Å². The Kier molecular flexibility index (Phi) is 3.79. The zero-order valence-corrected chi connectivity index (χ0v) is 19.4. The third-order valence-corrected chi connectivity index (χ3v) is 7.60. The Morgan fingerprint density at radius 2 is 1.39 bits per heavy atom. The Labute approximate surface area is 195 Å². The minimum atomic E-state index is 0.981. The molecule has 1 aromatic heterocycles. The molecule has 4 aromatic carbocycles. The molecule has 0 saturated heterocycles. The van der Waals surface area contributed by atoms with Crippen LogP contribution in [0.15, 0.2) is 78.9 Å². The molecule has 0 fully saturated rings. The van der Waals surface area contributed by atoms with Gasteiger partial charge in [0, 0.05) is 23.3 Å². The lowest BCUT2D eigenvalue weighted by Gasteiger charge is -2.18. The van der Waals surface area contributed by atoms with Crippen LogP contribution in [-0.2, 0) is 12.8 Å². The number of rotatable bonds is 1. The van der Waals surface area contributed by atoms with E-state index in [4.69, 9.17) is 0 Å². The second kappa shape index (κ2) is 6.65. The van der Waals surface area contributed by atoms with Gasteiger partial charge in [0.2, 0.25) is 5.69 Å². The lowest BCUT2D eigenvalue weighted by molar-refractivity contribution is -0.604. The highest BCUT2D eigenvalue weighted by Crippen LogP contribution is 2.48. The van der Waals surface area contributed by atoms with Crippen LogP contribution in [0.2, 0.25) is 0 Å². The van der Waals surface area contributed by atoms with Gasteiger partial charge >= 0.3 is 0 Å². The molecule has 0 atom stereocenters. The van der Waals surface area contributed by atoms with Gasteiger partial charge in [0.15, 0.2) is 11.4 Å². The van der Waals surface area contributed by atoms with E-state index in [1.165, 1.54) is 77.9 Å². The predicted octanol–water partition coefficient (Wildman–Crippen LogP) is 7.18. The number of aromatic nitrogens is 1. The third-order valence-electron chi connectivity index (χ3n) is 7.60. The number of hydrogen-bond donors (Lipinski definition) is 0. The maximum atomic E-state index is 2.54. The molecule has 33 heavy (non-hydrogen) atoms. The summed E-state index contributed by atoms with van der Waals surface area (Å²) in [7, 11) is 0. The van der Waals surface area contributed by atoms with Gasteiger partial charge < -0.3 is 0 Å². The normalized spacial score (nSPS) is 13.1. The highest BCUT2D eigenvalue weighted by Gasteiger charge is 2.37. The number of aryl methyl sites for hydroxylation is 3. The molecule has 0 bridgehead atoms. The fourth-order valence-electron chi connectivity index (χ4n) is 6.42.